The predicted octanol–water partition coefficient (Wildman–Crippen LogP) is 1.82. The fourth-order valence-corrected chi connectivity index (χ4v) is 2.85. The van der Waals surface area contributed by atoms with E-state index in [4.69, 9.17) is 9.47 Å². The fraction of sp³-hybridized carbons (Fsp3) is 0.389. The Kier molecular flexibility index (Phi) is 5.40. The molecule has 0 radical (unpaired) electrons. The molecule has 8 heteroatoms. The van der Waals surface area contributed by atoms with Crippen molar-refractivity contribution in [1.82, 2.24) is 14.9 Å². The van der Waals surface area contributed by atoms with Gasteiger partial charge in [0.2, 0.25) is 12.4 Å². The zero-order valence-electron chi connectivity index (χ0n) is 15.2. The number of methoxy groups -OCH3 is 2. The number of anilines is 3. The average Bonchev–Trinajstić information content (AvgIpc) is 2.67. The molecule has 0 unspecified atom stereocenters. The van der Waals surface area contributed by atoms with Gasteiger partial charge >= 0.3 is 0 Å². The molecule has 0 spiro atoms. The van der Waals surface area contributed by atoms with Crippen molar-refractivity contribution in [3.05, 3.63) is 30.0 Å². The Bertz CT molecular complexity index is 775. The summed E-state index contributed by atoms with van der Waals surface area (Å²) in [6, 6.07) is 7.50. The number of ether oxygens (including phenoxy) is 2. The van der Waals surface area contributed by atoms with Gasteiger partial charge in [-0.05, 0) is 19.1 Å². The van der Waals surface area contributed by atoms with Crippen molar-refractivity contribution in [3.63, 3.8) is 0 Å². The molecule has 0 bridgehead atoms. The number of carbonyl (C=O) groups is 1. The number of hydrogen-bond acceptors (Lipinski definition) is 7. The van der Waals surface area contributed by atoms with Crippen LogP contribution in [-0.2, 0) is 4.79 Å². The molecular weight excluding hydrogens is 334 g/mol. The van der Waals surface area contributed by atoms with Gasteiger partial charge in [-0.2, -0.15) is 4.98 Å². The van der Waals surface area contributed by atoms with Gasteiger partial charge in [0.15, 0.2) is 11.5 Å². The van der Waals surface area contributed by atoms with Crippen LogP contribution in [0.25, 0.3) is 0 Å². The van der Waals surface area contributed by atoms with Crippen molar-refractivity contribution in [1.29, 1.82) is 0 Å². The molecule has 1 aliphatic heterocycles. The lowest BCUT2D eigenvalue weighted by Crippen LogP contribution is -2.46. The first-order chi connectivity index (χ1) is 12.6. The number of amides is 1. The van der Waals surface area contributed by atoms with E-state index in [1.54, 1.807) is 19.1 Å². The first-order valence-electron chi connectivity index (χ1n) is 8.42. The smallest absolute Gasteiger partial charge is 0.227 e. The first-order valence-corrected chi connectivity index (χ1v) is 8.42. The van der Waals surface area contributed by atoms with E-state index in [0.29, 0.717) is 36.4 Å². The van der Waals surface area contributed by atoms with Crippen LogP contribution in [0, 0.1) is 6.92 Å². The normalized spacial score (nSPS) is 14.1. The minimum Gasteiger partial charge on any atom is -0.493 e. The third-order valence-electron chi connectivity index (χ3n) is 4.24. The lowest BCUT2D eigenvalue weighted by atomic mass is 10.2. The third kappa shape index (κ3) is 3.96. The van der Waals surface area contributed by atoms with Gasteiger partial charge in [0.05, 0.1) is 14.2 Å². The number of aryl methyl sites for hydroxylation is 1. The topological polar surface area (TPSA) is 79.8 Å². The highest BCUT2D eigenvalue weighted by atomic mass is 16.5. The first kappa shape index (κ1) is 17.8. The summed E-state index contributed by atoms with van der Waals surface area (Å²) in [6.07, 6.45) is 0.887. The molecule has 0 aliphatic carbocycles. The lowest BCUT2D eigenvalue weighted by molar-refractivity contribution is -0.118. The molecule has 138 valence electrons. The molecule has 1 aromatic carbocycles. The monoisotopic (exact) mass is 357 g/mol. The maximum atomic E-state index is 10.9. The van der Waals surface area contributed by atoms with E-state index in [-0.39, 0.29) is 0 Å². The van der Waals surface area contributed by atoms with E-state index < -0.39 is 0 Å². The number of carbonyl (C=O) groups excluding carboxylic acids is 1. The Balaban J connectivity index is 1.79. The summed E-state index contributed by atoms with van der Waals surface area (Å²) in [5.74, 6) is 2.69. The van der Waals surface area contributed by atoms with Crippen LogP contribution in [0.5, 0.6) is 11.5 Å². The number of piperazine rings is 1. The molecule has 1 aliphatic rings. The van der Waals surface area contributed by atoms with Gasteiger partial charge in [-0.25, -0.2) is 4.98 Å². The minimum atomic E-state index is 0.647. The number of hydrogen-bond donors (Lipinski definition) is 1. The molecule has 2 heterocycles. The molecule has 1 aromatic heterocycles. The van der Waals surface area contributed by atoms with E-state index in [2.05, 4.69) is 20.2 Å². The van der Waals surface area contributed by atoms with Gasteiger partial charge in [0.1, 0.15) is 5.82 Å². The van der Waals surface area contributed by atoms with Gasteiger partial charge < -0.3 is 24.6 Å². The number of aromatic nitrogens is 2. The average molecular weight is 357 g/mol. The zero-order valence-corrected chi connectivity index (χ0v) is 15.2. The number of nitrogens with one attached hydrogen (secondary N) is 1. The van der Waals surface area contributed by atoms with Crippen molar-refractivity contribution in [2.24, 2.45) is 0 Å². The summed E-state index contributed by atoms with van der Waals surface area (Å²) in [5, 5.41) is 3.29. The Hall–Kier alpha value is -3.03. The van der Waals surface area contributed by atoms with E-state index >= 15 is 0 Å². The summed E-state index contributed by atoms with van der Waals surface area (Å²) >= 11 is 0. The molecule has 8 nitrogen and oxygen atoms in total. The molecule has 0 saturated carbocycles. The summed E-state index contributed by atoms with van der Waals surface area (Å²) < 4.78 is 10.6. The molecule has 26 heavy (non-hydrogen) atoms. The highest BCUT2D eigenvalue weighted by Gasteiger charge is 2.18. The van der Waals surface area contributed by atoms with Crippen molar-refractivity contribution in [2.45, 2.75) is 6.92 Å². The minimum absolute atomic E-state index is 0.647. The van der Waals surface area contributed by atoms with Crippen LogP contribution in [0.3, 0.4) is 0 Å². The van der Waals surface area contributed by atoms with E-state index in [1.165, 1.54) is 0 Å². The fourth-order valence-electron chi connectivity index (χ4n) is 2.85. The maximum Gasteiger partial charge on any atom is 0.227 e. The standard InChI is InChI=1S/C18H23N5O3/c1-13-10-17(20-14-4-5-15(25-2)16(11-14)26-3)21-18(19-13)23-8-6-22(12-24)7-9-23/h4-5,10-12H,6-9H2,1-3H3,(H,19,20,21). The molecule has 1 N–H and O–H groups in total. The predicted molar refractivity (Wildman–Crippen MR) is 99.4 cm³/mol. The molecule has 3 rings (SSSR count). The molecule has 2 aromatic rings. The van der Waals surface area contributed by atoms with Crippen LogP contribution in [-0.4, -0.2) is 61.7 Å². The summed E-state index contributed by atoms with van der Waals surface area (Å²) in [6.45, 7) is 4.74. The second kappa shape index (κ2) is 7.90. The van der Waals surface area contributed by atoms with Crippen molar-refractivity contribution < 1.29 is 14.3 Å². The number of benzene rings is 1. The Morgan fingerprint density at radius 1 is 1.04 bits per heavy atom. The third-order valence-corrected chi connectivity index (χ3v) is 4.24. The van der Waals surface area contributed by atoms with Crippen LogP contribution in [0.2, 0.25) is 0 Å². The maximum absolute atomic E-state index is 10.9. The summed E-state index contributed by atoms with van der Waals surface area (Å²) in [5.41, 5.74) is 1.72. The Labute approximate surface area is 152 Å². The molecule has 1 fully saturated rings. The van der Waals surface area contributed by atoms with E-state index in [9.17, 15) is 4.79 Å². The van der Waals surface area contributed by atoms with Crippen molar-refractivity contribution in [3.8, 4) is 11.5 Å². The summed E-state index contributed by atoms with van der Waals surface area (Å²) in [7, 11) is 3.21. The number of rotatable bonds is 6. The van der Waals surface area contributed by atoms with Crippen LogP contribution < -0.4 is 19.7 Å². The second-order valence-corrected chi connectivity index (χ2v) is 6.02. The zero-order chi connectivity index (χ0) is 18.5. The van der Waals surface area contributed by atoms with Gasteiger partial charge in [0.25, 0.3) is 0 Å². The van der Waals surface area contributed by atoms with Gasteiger partial charge in [0, 0.05) is 49.7 Å². The van der Waals surface area contributed by atoms with Crippen LogP contribution in [0.15, 0.2) is 24.3 Å². The van der Waals surface area contributed by atoms with Gasteiger partial charge in [-0.1, -0.05) is 0 Å². The SMILES string of the molecule is COc1ccc(Nc2cc(C)nc(N3CCN(C=O)CC3)n2)cc1OC. The van der Waals surface area contributed by atoms with Gasteiger partial charge in [-0.3, -0.25) is 4.79 Å². The van der Waals surface area contributed by atoms with E-state index in [0.717, 1.165) is 30.9 Å². The highest BCUT2D eigenvalue weighted by molar-refractivity contribution is 5.62. The quantitative estimate of drug-likeness (QED) is 0.790. The van der Waals surface area contributed by atoms with Crippen LogP contribution in [0.4, 0.5) is 17.5 Å². The summed E-state index contributed by atoms with van der Waals surface area (Å²) in [4.78, 5) is 23.9. The molecule has 1 saturated heterocycles. The molecular formula is C18H23N5O3. The van der Waals surface area contributed by atoms with Crippen molar-refractivity contribution in [2.75, 3.05) is 50.6 Å². The Morgan fingerprint density at radius 3 is 2.42 bits per heavy atom. The van der Waals surface area contributed by atoms with Crippen LogP contribution in [0.1, 0.15) is 5.69 Å². The largest absolute Gasteiger partial charge is 0.493 e. The Morgan fingerprint density at radius 2 is 1.77 bits per heavy atom. The van der Waals surface area contributed by atoms with Crippen molar-refractivity contribution >= 4 is 23.9 Å². The molecule has 1 amide bonds. The van der Waals surface area contributed by atoms with Gasteiger partial charge in [-0.15, -0.1) is 0 Å². The lowest BCUT2D eigenvalue weighted by Gasteiger charge is -2.32. The second-order valence-electron chi connectivity index (χ2n) is 6.02. The highest BCUT2D eigenvalue weighted by Crippen LogP contribution is 2.31. The van der Waals surface area contributed by atoms with E-state index in [1.807, 2.05) is 31.2 Å². The van der Waals surface area contributed by atoms with Crippen LogP contribution >= 0.6 is 0 Å². The molecule has 0 atom stereocenters. The number of nitrogens with zero attached hydrogens (tertiary/aromatic N) is 4.